The second-order valence-electron chi connectivity index (χ2n) is 12.4. The molecule has 1 fully saturated rings. The quantitative estimate of drug-likeness (QED) is 0.172. The highest BCUT2D eigenvalue weighted by atomic mass is 35.7. The molecule has 3 atom stereocenters. The monoisotopic (exact) mass is 665 g/mol. The summed E-state index contributed by atoms with van der Waals surface area (Å²) in [6, 6.07) is 6.96. The molecule has 4 rings (SSSR count). The van der Waals surface area contributed by atoms with Gasteiger partial charge < -0.3 is 18.7 Å². The summed E-state index contributed by atoms with van der Waals surface area (Å²) in [5.41, 5.74) is 0.925. The van der Waals surface area contributed by atoms with Crippen LogP contribution in [0.1, 0.15) is 46.4 Å². The van der Waals surface area contributed by atoms with E-state index in [1.165, 1.54) is 4.67 Å². The van der Waals surface area contributed by atoms with E-state index in [4.69, 9.17) is 30.0 Å². The molecule has 14 nitrogen and oxygen atoms in total. The first-order valence-corrected chi connectivity index (χ1v) is 17.0. The first kappa shape index (κ1) is 34.7. The maximum atomic E-state index is 12.5. The summed E-state index contributed by atoms with van der Waals surface area (Å²) >= 11 is 6.05. The highest BCUT2D eigenvalue weighted by Crippen LogP contribution is 2.54. The first-order chi connectivity index (χ1) is 21.0. The molecule has 0 spiro atoms. The SMILES string of the molecule is CC(C)C(=O)Nc1nc(OCc2ccc(OC(=O)C(C)(C)C)cc2)c2ncn(C3CN(C)C[C@@H](COP(=O)(Cl)N(C)C)O3)c2n1. The molecule has 3 heterocycles. The molecule has 1 N–H and O–H groups in total. The van der Waals surface area contributed by atoms with Gasteiger partial charge in [-0.1, -0.05) is 26.0 Å². The van der Waals surface area contributed by atoms with Crippen LogP contribution in [0, 0.1) is 11.3 Å². The molecule has 1 aromatic carbocycles. The van der Waals surface area contributed by atoms with Crippen molar-refractivity contribution in [1.29, 1.82) is 0 Å². The number of imidazole rings is 1. The van der Waals surface area contributed by atoms with E-state index in [9.17, 15) is 14.2 Å². The molecule has 2 unspecified atom stereocenters. The van der Waals surface area contributed by atoms with Gasteiger partial charge in [0.2, 0.25) is 17.7 Å². The highest BCUT2D eigenvalue weighted by molar-refractivity contribution is 7.83. The summed E-state index contributed by atoms with van der Waals surface area (Å²) in [5.74, 6) is -0.248. The molecule has 0 bridgehead atoms. The van der Waals surface area contributed by atoms with Gasteiger partial charge in [0, 0.05) is 19.0 Å². The summed E-state index contributed by atoms with van der Waals surface area (Å²) in [4.78, 5) is 40.4. The van der Waals surface area contributed by atoms with E-state index >= 15 is 0 Å². The zero-order valence-corrected chi connectivity index (χ0v) is 28.5. The molecule has 1 aliphatic heterocycles. The van der Waals surface area contributed by atoms with Crippen molar-refractivity contribution in [2.24, 2.45) is 11.3 Å². The third-order valence-corrected chi connectivity index (χ3v) is 9.43. The Morgan fingerprint density at radius 3 is 2.49 bits per heavy atom. The van der Waals surface area contributed by atoms with E-state index in [0.717, 1.165) is 5.56 Å². The molecule has 3 aromatic rings. The number of likely N-dealkylation sites (N-methyl/N-ethyl adjacent to an activating group) is 1. The Hall–Kier alpha value is -3.13. The Morgan fingerprint density at radius 2 is 1.87 bits per heavy atom. The molecule has 45 heavy (non-hydrogen) atoms. The van der Waals surface area contributed by atoms with Crippen molar-refractivity contribution in [2.45, 2.75) is 53.6 Å². The van der Waals surface area contributed by atoms with Crippen molar-refractivity contribution in [3.8, 4) is 11.6 Å². The Morgan fingerprint density at radius 1 is 1.18 bits per heavy atom. The average molecular weight is 666 g/mol. The van der Waals surface area contributed by atoms with Gasteiger partial charge in [0.1, 0.15) is 18.6 Å². The molecular weight excluding hydrogens is 625 g/mol. The number of aromatic nitrogens is 4. The van der Waals surface area contributed by atoms with E-state index < -0.39 is 24.6 Å². The summed E-state index contributed by atoms with van der Waals surface area (Å²) < 4.78 is 38.9. The lowest BCUT2D eigenvalue weighted by Crippen LogP contribution is -2.45. The van der Waals surface area contributed by atoms with Crippen LogP contribution in [0.5, 0.6) is 11.6 Å². The van der Waals surface area contributed by atoms with Crippen molar-refractivity contribution < 1.29 is 32.9 Å². The van der Waals surface area contributed by atoms with Crippen LogP contribution in [0.25, 0.3) is 11.2 Å². The minimum Gasteiger partial charge on any atom is -0.471 e. The van der Waals surface area contributed by atoms with Gasteiger partial charge in [0.15, 0.2) is 11.2 Å². The van der Waals surface area contributed by atoms with Gasteiger partial charge in [-0.25, -0.2) is 9.65 Å². The normalized spacial score (nSPS) is 19.1. The summed E-state index contributed by atoms with van der Waals surface area (Å²) in [6.07, 6.45) is 0.588. The lowest BCUT2D eigenvalue weighted by atomic mass is 9.97. The van der Waals surface area contributed by atoms with Gasteiger partial charge >= 0.3 is 12.8 Å². The fourth-order valence-corrected chi connectivity index (χ4v) is 4.86. The number of carbonyl (C=O) groups excluding carboxylic acids is 2. The Kier molecular flexibility index (Phi) is 10.9. The fraction of sp³-hybridized carbons (Fsp3) is 0.552. The van der Waals surface area contributed by atoms with Crippen LogP contribution < -0.4 is 14.8 Å². The number of nitrogens with one attached hydrogen (secondary N) is 1. The molecular formula is C29H41ClN7O7P. The number of hydrogen-bond donors (Lipinski definition) is 1. The van der Waals surface area contributed by atoms with Gasteiger partial charge in [0.05, 0.1) is 24.5 Å². The number of nitrogens with zero attached hydrogens (tertiary/aromatic N) is 6. The number of fused-ring (bicyclic) bond motifs is 1. The smallest absolute Gasteiger partial charge is 0.362 e. The fourth-order valence-electron chi connectivity index (χ4n) is 4.11. The molecule has 0 aliphatic carbocycles. The number of anilines is 1. The molecule has 1 amide bonds. The molecule has 1 saturated heterocycles. The number of halogens is 1. The van der Waals surface area contributed by atoms with Gasteiger partial charge in [-0.2, -0.15) is 9.97 Å². The number of benzene rings is 1. The number of amides is 1. The maximum absolute atomic E-state index is 12.5. The van der Waals surface area contributed by atoms with E-state index in [1.807, 2.05) is 11.9 Å². The van der Waals surface area contributed by atoms with Crippen molar-refractivity contribution in [3.05, 3.63) is 36.2 Å². The Bertz CT molecular complexity index is 1560. The summed E-state index contributed by atoms with van der Waals surface area (Å²) in [5, 5.41) is 2.74. The third kappa shape index (κ3) is 8.99. The zero-order chi connectivity index (χ0) is 33.1. The van der Waals surface area contributed by atoms with E-state index in [2.05, 4.69) is 20.3 Å². The van der Waals surface area contributed by atoms with Crippen molar-refractivity contribution in [3.63, 3.8) is 0 Å². The van der Waals surface area contributed by atoms with Crippen LogP contribution >= 0.6 is 18.1 Å². The van der Waals surface area contributed by atoms with Crippen LogP contribution in [0.3, 0.4) is 0 Å². The first-order valence-electron chi connectivity index (χ1n) is 14.5. The maximum Gasteiger partial charge on any atom is 0.362 e. The van der Waals surface area contributed by atoms with Crippen LogP contribution in [0.15, 0.2) is 30.6 Å². The predicted molar refractivity (Wildman–Crippen MR) is 169 cm³/mol. The van der Waals surface area contributed by atoms with Gasteiger partial charge in [-0.15, -0.1) is 0 Å². The zero-order valence-electron chi connectivity index (χ0n) is 26.8. The minimum atomic E-state index is -3.47. The number of carbonyl (C=O) groups is 2. The third-order valence-electron chi connectivity index (χ3n) is 6.81. The van der Waals surface area contributed by atoms with Crippen LogP contribution in [0.2, 0.25) is 0 Å². The molecule has 16 heteroatoms. The highest BCUT2D eigenvalue weighted by Gasteiger charge is 2.32. The molecule has 0 saturated carbocycles. The standard InChI is InChI=1S/C29H41ClN7O7P/c1-18(2)25(38)33-28-32-24-23(26(34-28)41-15-19-9-11-20(12-10-19)44-27(39)29(3,4)5)31-17-37(24)22-14-36(8)13-21(43-22)16-42-45(30,40)35(6)7/h9-12,17-18,21-22H,13-16H2,1-8H3,(H,32,33,34,38)/t21-,22?,45?/m0/s1. The second-order valence-corrected chi connectivity index (χ2v) is 15.7. The lowest BCUT2D eigenvalue weighted by molar-refractivity contribution is -0.143. The Balaban J connectivity index is 1.58. The van der Waals surface area contributed by atoms with Crippen molar-refractivity contribution >= 4 is 47.1 Å². The molecule has 2 aromatic heterocycles. The topological polar surface area (TPSA) is 150 Å². The van der Waals surface area contributed by atoms with Gasteiger partial charge in [-0.3, -0.25) is 28.9 Å². The van der Waals surface area contributed by atoms with Crippen molar-refractivity contribution in [2.75, 3.05) is 46.2 Å². The number of esters is 1. The summed E-state index contributed by atoms with van der Waals surface area (Å²) in [6.45, 7) is 6.59. The number of ether oxygens (including phenoxy) is 3. The Labute approximate surface area is 267 Å². The molecule has 246 valence electrons. The van der Waals surface area contributed by atoms with Gasteiger partial charge in [-0.05, 0) is 70.9 Å². The lowest BCUT2D eigenvalue weighted by Gasteiger charge is -2.36. The molecule has 1 aliphatic rings. The number of hydrogen-bond acceptors (Lipinski definition) is 11. The molecule has 0 radical (unpaired) electrons. The predicted octanol–water partition coefficient (Wildman–Crippen LogP) is 4.71. The largest absolute Gasteiger partial charge is 0.471 e. The average Bonchev–Trinajstić information content (AvgIpc) is 3.39. The number of rotatable bonds is 11. The van der Waals surface area contributed by atoms with Crippen LogP contribution in [-0.4, -0.2) is 87.9 Å². The van der Waals surface area contributed by atoms with E-state index in [1.54, 1.807) is 83.9 Å². The second kappa shape index (κ2) is 14.1. The van der Waals surface area contributed by atoms with Crippen LogP contribution in [-0.2, 0) is 30.0 Å². The van der Waals surface area contributed by atoms with E-state index in [0.29, 0.717) is 30.0 Å². The number of morpholine rings is 1. The van der Waals surface area contributed by atoms with E-state index in [-0.39, 0.29) is 42.8 Å². The van der Waals surface area contributed by atoms with Crippen LogP contribution in [0.4, 0.5) is 5.95 Å². The minimum absolute atomic E-state index is 0.0136. The summed E-state index contributed by atoms with van der Waals surface area (Å²) in [7, 11) is 5.09. The van der Waals surface area contributed by atoms with Crippen molar-refractivity contribution in [1.82, 2.24) is 29.1 Å². The van der Waals surface area contributed by atoms with Gasteiger partial charge in [0.25, 0.3) is 0 Å².